The standard InChI is InChI=1S/C20H15ClFN3O2/c21-16-4-2-1-3-14(16)20(27)25-10-9-15-17(11-25)23-18(24-19(15)26)12-5-7-13(22)8-6-12/h1-8H,9-11H2,(H,23,24,26). The second kappa shape index (κ2) is 6.96. The number of amides is 1. The van der Waals surface area contributed by atoms with Crippen LogP contribution in [0.4, 0.5) is 4.39 Å². The molecule has 3 aromatic rings. The first kappa shape index (κ1) is 17.4. The Morgan fingerprint density at radius 2 is 1.89 bits per heavy atom. The number of H-pyrrole nitrogens is 1. The molecular weight excluding hydrogens is 369 g/mol. The van der Waals surface area contributed by atoms with Crippen molar-refractivity contribution in [3.63, 3.8) is 0 Å². The van der Waals surface area contributed by atoms with Gasteiger partial charge in [0.25, 0.3) is 11.5 Å². The molecule has 0 radical (unpaired) electrons. The third-order valence-corrected chi connectivity index (χ3v) is 4.91. The Morgan fingerprint density at radius 1 is 1.15 bits per heavy atom. The van der Waals surface area contributed by atoms with E-state index in [0.29, 0.717) is 46.2 Å². The molecule has 1 N–H and O–H groups in total. The van der Waals surface area contributed by atoms with E-state index in [2.05, 4.69) is 9.97 Å². The van der Waals surface area contributed by atoms with Crippen LogP contribution in [0.25, 0.3) is 11.4 Å². The van der Waals surface area contributed by atoms with Gasteiger partial charge in [-0.25, -0.2) is 9.37 Å². The van der Waals surface area contributed by atoms with Crippen molar-refractivity contribution >= 4 is 17.5 Å². The van der Waals surface area contributed by atoms with E-state index >= 15 is 0 Å². The Kier molecular flexibility index (Phi) is 4.49. The quantitative estimate of drug-likeness (QED) is 0.737. The highest BCUT2D eigenvalue weighted by molar-refractivity contribution is 6.33. The third-order valence-electron chi connectivity index (χ3n) is 4.58. The number of halogens is 2. The molecule has 5 nitrogen and oxygen atoms in total. The maximum absolute atomic E-state index is 13.1. The number of carbonyl (C=O) groups excluding carboxylic acids is 1. The number of hydrogen-bond donors (Lipinski definition) is 1. The second-order valence-electron chi connectivity index (χ2n) is 6.30. The lowest BCUT2D eigenvalue weighted by Crippen LogP contribution is -2.39. The lowest BCUT2D eigenvalue weighted by molar-refractivity contribution is 0.0731. The van der Waals surface area contributed by atoms with Gasteiger partial charge in [-0.3, -0.25) is 9.59 Å². The molecule has 2 aromatic carbocycles. The van der Waals surface area contributed by atoms with Gasteiger partial charge in [-0.15, -0.1) is 0 Å². The number of hydrogen-bond acceptors (Lipinski definition) is 3. The van der Waals surface area contributed by atoms with Crippen molar-refractivity contribution < 1.29 is 9.18 Å². The van der Waals surface area contributed by atoms with Gasteiger partial charge in [0.15, 0.2) is 0 Å². The first-order chi connectivity index (χ1) is 13.0. The zero-order valence-electron chi connectivity index (χ0n) is 14.2. The number of carbonyl (C=O) groups is 1. The van der Waals surface area contributed by atoms with Crippen LogP contribution in [0.5, 0.6) is 0 Å². The maximum atomic E-state index is 13.1. The van der Waals surface area contributed by atoms with Crippen LogP contribution in [-0.4, -0.2) is 27.3 Å². The molecule has 1 aliphatic heterocycles. The smallest absolute Gasteiger partial charge is 0.255 e. The van der Waals surface area contributed by atoms with Crippen molar-refractivity contribution in [3.05, 3.63) is 86.5 Å². The van der Waals surface area contributed by atoms with Gasteiger partial charge in [0, 0.05) is 17.7 Å². The largest absolute Gasteiger partial charge is 0.332 e. The minimum Gasteiger partial charge on any atom is -0.332 e. The Bertz CT molecular complexity index is 1080. The van der Waals surface area contributed by atoms with Crippen molar-refractivity contribution in [2.24, 2.45) is 0 Å². The Hall–Kier alpha value is -2.99. The van der Waals surface area contributed by atoms with Crippen LogP contribution in [0, 0.1) is 5.82 Å². The van der Waals surface area contributed by atoms with Gasteiger partial charge in [-0.05, 0) is 42.8 Å². The van der Waals surface area contributed by atoms with Crippen LogP contribution in [0.15, 0.2) is 53.3 Å². The predicted molar refractivity (Wildman–Crippen MR) is 100 cm³/mol. The van der Waals surface area contributed by atoms with E-state index in [1.165, 1.54) is 12.1 Å². The summed E-state index contributed by atoms with van der Waals surface area (Å²) in [5.74, 6) is -0.210. The highest BCUT2D eigenvalue weighted by Crippen LogP contribution is 2.23. The Labute approximate surface area is 159 Å². The number of benzene rings is 2. The molecule has 136 valence electrons. The lowest BCUT2D eigenvalue weighted by atomic mass is 10.0. The summed E-state index contributed by atoms with van der Waals surface area (Å²) < 4.78 is 13.1. The maximum Gasteiger partial charge on any atom is 0.255 e. The Balaban J connectivity index is 1.67. The molecule has 0 bridgehead atoms. The second-order valence-corrected chi connectivity index (χ2v) is 6.71. The first-order valence-corrected chi connectivity index (χ1v) is 8.82. The van der Waals surface area contributed by atoms with Crippen molar-refractivity contribution in [2.75, 3.05) is 6.54 Å². The molecule has 0 fully saturated rings. The van der Waals surface area contributed by atoms with Crippen LogP contribution in [0.2, 0.25) is 5.02 Å². The van der Waals surface area contributed by atoms with Crippen molar-refractivity contribution in [1.29, 1.82) is 0 Å². The van der Waals surface area contributed by atoms with Gasteiger partial charge >= 0.3 is 0 Å². The number of aromatic amines is 1. The normalized spacial score (nSPS) is 13.3. The van der Waals surface area contributed by atoms with Crippen molar-refractivity contribution in [3.8, 4) is 11.4 Å². The first-order valence-electron chi connectivity index (χ1n) is 8.45. The molecule has 4 rings (SSSR count). The SMILES string of the molecule is O=C(c1ccccc1Cl)N1CCc2c(nc(-c3ccc(F)cc3)[nH]c2=O)C1. The molecule has 7 heteroatoms. The zero-order valence-corrected chi connectivity index (χ0v) is 15.0. The number of aromatic nitrogens is 2. The van der Waals surface area contributed by atoms with Crippen molar-refractivity contribution in [1.82, 2.24) is 14.9 Å². The summed E-state index contributed by atoms with van der Waals surface area (Å²) in [5, 5.41) is 0.388. The van der Waals surface area contributed by atoms with Crippen LogP contribution in [0.3, 0.4) is 0 Å². The van der Waals surface area contributed by atoms with E-state index in [4.69, 9.17) is 11.6 Å². The van der Waals surface area contributed by atoms with Crippen LogP contribution < -0.4 is 5.56 Å². The molecule has 0 saturated carbocycles. The average molecular weight is 384 g/mol. The third kappa shape index (κ3) is 3.36. The molecule has 0 spiro atoms. The average Bonchev–Trinajstić information content (AvgIpc) is 2.68. The molecule has 1 aliphatic rings. The highest BCUT2D eigenvalue weighted by Gasteiger charge is 2.26. The molecule has 0 saturated heterocycles. The number of nitrogens with one attached hydrogen (secondary N) is 1. The molecule has 0 unspecified atom stereocenters. The minimum absolute atomic E-state index is 0.198. The fraction of sp³-hybridized carbons (Fsp3) is 0.150. The van der Waals surface area contributed by atoms with E-state index in [0.717, 1.165) is 0 Å². The summed E-state index contributed by atoms with van der Waals surface area (Å²) in [4.78, 5) is 34.1. The van der Waals surface area contributed by atoms with Gasteiger partial charge in [0.2, 0.25) is 0 Å². The van der Waals surface area contributed by atoms with Crippen LogP contribution in [-0.2, 0) is 13.0 Å². The van der Waals surface area contributed by atoms with Crippen LogP contribution >= 0.6 is 11.6 Å². The monoisotopic (exact) mass is 383 g/mol. The number of rotatable bonds is 2. The van der Waals surface area contributed by atoms with E-state index < -0.39 is 0 Å². The summed E-state index contributed by atoms with van der Waals surface area (Å²) in [6.45, 7) is 0.634. The summed E-state index contributed by atoms with van der Waals surface area (Å²) >= 11 is 6.13. The minimum atomic E-state index is -0.365. The van der Waals surface area contributed by atoms with Gasteiger partial charge in [-0.2, -0.15) is 0 Å². The van der Waals surface area contributed by atoms with Crippen LogP contribution in [0.1, 0.15) is 21.6 Å². The van der Waals surface area contributed by atoms with E-state index in [1.807, 2.05) is 0 Å². The summed E-state index contributed by atoms with van der Waals surface area (Å²) in [5.41, 5.74) is 1.91. The van der Waals surface area contributed by atoms with Crippen molar-refractivity contribution in [2.45, 2.75) is 13.0 Å². The number of fused-ring (bicyclic) bond motifs is 1. The zero-order chi connectivity index (χ0) is 19.0. The molecule has 2 heterocycles. The Morgan fingerprint density at radius 3 is 2.63 bits per heavy atom. The van der Waals surface area contributed by atoms with E-state index in [9.17, 15) is 14.0 Å². The van der Waals surface area contributed by atoms with Gasteiger partial charge in [0.05, 0.1) is 22.8 Å². The molecule has 0 atom stereocenters. The molecule has 1 amide bonds. The fourth-order valence-corrected chi connectivity index (χ4v) is 3.38. The summed E-state index contributed by atoms with van der Waals surface area (Å²) in [6, 6.07) is 12.6. The number of nitrogens with zero attached hydrogens (tertiary/aromatic N) is 2. The lowest BCUT2D eigenvalue weighted by Gasteiger charge is -2.28. The summed E-state index contributed by atoms with van der Waals surface area (Å²) in [6.07, 6.45) is 0.414. The molecule has 27 heavy (non-hydrogen) atoms. The molecule has 1 aromatic heterocycles. The topological polar surface area (TPSA) is 66.1 Å². The summed E-state index contributed by atoms with van der Waals surface area (Å²) in [7, 11) is 0. The fourth-order valence-electron chi connectivity index (χ4n) is 3.16. The predicted octanol–water partition coefficient (Wildman–Crippen LogP) is 3.43. The molecular formula is C20H15ClFN3O2. The van der Waals surface area contributed by atoms with Gasteiger partial charge < -0.3 is 9.88 Å². The highest BCUT2D eigenvalue weighted by atomic mass is 35.5. The van der Waals surface area contributed by atoms with E-state index in [1.54, 1.807) is 41.3 Å². The molecule has 0 aliphatic carbocycles. The van der Waals surface area contributed by atoms with Gasteiger partial charge in [0.1, 0.15) is 11.6 Å². The van der Waals surface area contributed by atoms with Gasteiger partial charge in [-0.1, -0.05) is 23.7 Å². The van der Waals surface area contributed by atoms with E-state index in [-0.39, 0.29) is 23.8 Å².